The lowest BCUT2D eigenvalue weighted by Crippen LogP contribution is -2.30. The standard InChI is InChI=1S/C18H16BrClN4OS/c1-11(12-2-6-14(19)7-3-12)21-16(25)10-24-17(22-23-18(24)26)13-4-8-15(20)9-5-13/h2-9,11H,10H2,1H3,(H,21,25)(H,23,26)/t11-/m1/s1. The zero-order valence-electron chi connectivity index (χ0n) is 13.9. The topological polar surface area (TPSA) is 62.7 Å². The van der Waals surface area contributed by atoms with E-state index in [1.54, 1.807) is 16.7 Å². The second-order valence-electron chi connectivity index (χ2n) is 5.79. The maximum atomic E-state index is 12.5. The molecule has 26 heavy (non-hydrogen) atoms. The van der Waals surface area contributed by atoms with Gasteiger partial charge in [0.2, 0.25) is 5.91 Å². The number of aromatic amines is 1. The van der Waals surface area contributed by atoms with Gasteiger partial charge in [-0.25, -0.2) is 0 Å². The number of halogens is 2. The monoisotopic (exact) mass is 450 g/mol. The SMILES string of the molecule is C[C@@H](NC(=O)Cn1c(-c2ccc(Cl)cc2)n[nH]c1=S)c1ccc(Br)cc1. The lowest BCUT2D eigenvalue weighted by molar-refractivity contribution is -0.122. The quantitative estimate of drug-likeness (QED) is 0.542. The predicted octanol–water partition coefficient (Wildman–Crippen LogP) is 4.90. The van der Waals surface area contributed by atoms with E-state index in [-0.39, 0.29) is 18.5 Å². The molecule has 0 aliphatic heterocycles. The maximum Gasteiger partial charge on any atom is 0.240 e. The molecule has 0 fully saturated rings. The van der Waals surface area contributed by atoms with Crippen LogP contribution in [0.4, 0.5) is 0 Å². The molecular weight excluding hydrogens is 436 g/mol. The van der Waals surface area contributed by atoms with Gasteiger partial charge >= 0.3 is 0 Å². The Bertz CT molecular complexity index is 966. The summed E-state index contributed by atoms with van der Waals surface area (Å²) in [5.74, 6) is 0.450. The Hall–Kier alpha value is -1.96. The highest BCUT2D eigenvalue weighted by molar-refractivity contribution is 9.10. The van der Waals surface area contributed by atoms with Gasteiger partial charge in [0.1, 0.15) is 6.54 Å². The minimum absolute atomic E-state index is 0.0775. The summed E-state index contributed by atoms with van der Waals surface area (Å²) in [6, 6.07) is 14.9. The Balaban J connectivity index is 1.75. The summed E-state index contributed by atoms with van der Waals surface area (Å²) in [4.78, 5) is 12.5. The van der Waals surface area contributed by atoms with Gasteiger partial charge in [-0.3, -0.25) is 14.5 Å². The third-order valence-corrected chi connectivity index (χ3v) is 5.00. The van der Waals surface area contributed by atoms with Crippen molar-refractivity contribution in [2.24, 2.45) is 0 Å². The van der Waals surface area contributed by atoms with Gasteiger partial charge in [0.15, 0.2) is 10.6 Å². The van der Waals surface area contributed by atoms with E-state index in [0.29, 0.717) is 15.6 Å². The summed E-state index contributed by atoms with van der Waals surface area (Å²) in [5.41, 5.74) is 1.85. The first-order chi connectivity index (χ1) is 12.4. The Morgan fingerprint density at radius 2 is 1.92 bits per heavy atom. The highest BCUT2D eigenvalue weighted by Gasteiger charge is 2.14. The van der Waals surface area contributed by atoms with Crippen LogP contribution in [-0.2, 0) is 11.3 Å². The first kappa shape index (κ1) is 18.8. The van der Waals surface area contributed by atoms with Crippen molar-refractivity contribution in [3.8, 4) is 11.4 Å². The van der Waals surface area contributed by atoms with Crippen LogP contribution in [0.25, 0.3) is 11.4 Å². The fourth-order valence-electron chi connectivity index (χ4n) is 2.55. The minimum Gasteiger partial charge on any atom is -0.348 e. The van der Waals surface area contributed by atoms with Crippen LogP contribution in [-0.4, -0.2) is 20.7 Å². The van der Waals surface area contributed by atoms with Crippen LogP contribution in [0.15, 0.2) is 53.0 Å². The van der Waals surface area contributed by atoms with E-state index in [4.69, 9.17) is 23.8 Å². The molecule has 8 heteroatoms. The number of aromatic nitrogens is 3. The number of H-pyrrole nitrogens is 1. The Kier molecular flexibility index (Phi) is 5.90. The molecule has 0 saturated carbocycles. The average molecular weight is 452 g/mol. The summed E-state index contributed by atoms with van der Waals surface area (Å²) >= 11 is 14.6. The number of nitrogens with one attached hydrogen (secondary N) is 2. The third kappa shape index (κ3) is 4.41. The Labute approximate surface area is 169 Å². The fourth-order valence-corrected chi connectivity index (χ4v) is 3.14. The predicted molar refractivity (Wildman–Crippen MR) is 109 cm³/mol. The van der Waals surface area contributed by atoms with Crippen LogP contribution in [0.3, 0.4) is 0 Å². The van der Waals surface area contributed by atoms with Crippen molar-refractivity contribution in [2.75, 3.05) is 0 Å². The van der Waals surface area contributed by atoms with Crippen LogP contribution >= 0.6 is 39.7 Å². The number of benzene rings is 2. The smallest absolute Gasteiger partial charge is 0.240 e. The van der Waals surface area contributed by atoms with Gasteiger partial charge in [-0.05, 0) is 61.1 Å². The molecule has 0 spiro atoms. The van der Waals surface area contributed by atoms with Crippen LogP contribution < -0.4 is 5.32 Å². The van der Waals surface area contributed by atoms with Crippen molar-refractivity contribution in [1.29, 1.82) is 0 Å². The van der Waals surface area contributed by atoms with Gasteiger partial charge in [0.25, 0.3) is 0 Å². The number of carbonyl (C=O) groups is 1. The molecule has 2 aromatic carbocycles. The van der Waals surface area contributed by atoms with Crippen molar-refractivity contribution in [3.63, 3.8) is 0 Å². The zero-order valence-corrected chi connectivity index (χ0v) is 17.0. The number of nitrogens with zero attached hydrogens (tertiary/aromatic N) is 2. The minimum atomic E-state index is -0.145. The summed E-state index contributed by atoms with van der Waals surface area (Å²) in [7, 11) is 0. The van der Waals surface area contributed by atoms with Crippen molar-refractivity contribution >= 4 is 45.7 Å². The molecule has 0 aliphatic carbocycles. The largest absolute Gasteiger partial charge is 0.348 e. The second-order valence-corrected chi connectivity index (χ2v) is 7.52. The molecule has 0 aliphatic rings. The van der Waals surface area contributed by atoms with E-state index in [1.165, 1.54) is 0 Å². The van der Waals surface area contributed by atoms with Crippen molar-refractivity contribution in [3.05, 3.63) is 68.4 Å². The zero-order chi connectivity index (χ0) is 18.7. The number of hydrogen-bond donors (Lipinski definition) is 2. The van der Waals surface area contributed by atoms with E-state index in [1.807, 2.05) is 43.3 Å². The number of amides is 1. The van der Waals surface area contributed by atoms with Crippen LogP contribution in [0.2, 0.25) is 5.02 Å². The molecule has 1 amide bonds. The summed E-state index contributed by atoms with van der Waals surface area (Å²) in [6.07, 6.45) is 0. The first-order valence-corrected chi connectivity index (χ1v) is 9.48. The van der Waals surface area contributed by atoms with Gasteiger partial charge in [-0.2, -0.15) is 5.10 Å². The fraction of sp³-hybridized carbons (Fsp3) is 0.167. The third-order valence-electron chi connectivity index (χ3n) is 3.91. The molecule has 0 radical (unpaired) electrons. The van der Waals surface area contributed by atoms with Crippen LogP contribution in [0.5, 0.6) is 0 Å². The van der Waals surface area contributed by atoms with Gasteiger partial charge in [-0.1, -0.05) is 39.7 Å². The molecule has 1 aromatic heterocycles. The number of hydrogen-bond acceptors (Lipinski definition) is 3. The lowest BCUT2D eigenvalue weighted by Gasteiger charge is -2.15. The highest BCUT2D eigenvalue weighted by Crippen LogP contribution is 2.20. The van der Waals surface area contributed by atoms with E-state index in [2.05, 4.69) is 31.4 Å². The van der Waals surface area contributed by atoms with E-state index < -0.39 is 0 Å². The molecule has 5 nitrogen and oxygen atoms in total. The van der Waals surface area contributed by atoms with Gasteiger partial charge in [0, 0.05) is 15.1 Å². The summed E-state index contributed by atoms with van der Waals surface area (Å²) in [5, 5.41) is 10.6. The summed E-state index contributed by atoms with van der Waals surface area (Å²) in [6.45, 7) is 2.02. The molecular formula is C18H16BrClN4OS. The van der Waals surface area contributed by atoms with E-state index in [0.717, 1.165) is 15.6 Å². The van der Waals surface area contributed by atoms with Gasteiger partial charge in [0.05, 0.1) is 6.04 Å². The van der Waals surface area contributed by atoms with Crippen molar-refractivity contribution < 1.29 is 4.79 Å². The molecule has 0 unspecified atom stereocenters. The van der Waals surface area contributed by atoms with Crippen molar-refractivity contribution in [2.45, 2.75) is 19.5 Å². The molecule has 1 atom stereocenters. The van der Waals surface area contributed by atoms with Crippen LogP contribution in [0, 0.1) is 4.77 Å². The van der Waals surface area contributed by atoms with Crippen molar-refractivity contribution in [1.82, 2.24) is 20.1 Å². The molecule has 2 N–H and O–H groups in total. The maximum absolute atomic E-state index is 12.5. The average Bonchev–Trinajstić information content (AvgIpc) is 2.97. The van der Waals surface area contributed by atoms with Crippen LogP contribution in [0.1, 0.15) is 18.5 Å². The summed E-state index contributed by atoms with van der Waals surface area (Å²) < 4.78 is 3.06. The molecule has 3 rings (SSSR count). The molecule has 1 heterocycles. The normalized spacial score (nSPS) is 12.0. The van der Waals surface area contributed by atoms with Gasteiger partial charge < -0.3 is 5.32 Å². The van der Waals surface area contributed by atoms with E-state index in [9.17, 15) is 4.79 Å². The second kappa shape index (κ2) is 8.16. The highest BCUT2D eigenvalue weighted by atomic mass is 79.9. The Morgan fingerprint density at radius 1 is 1.27 bits per heavy atom. The molecule has 0 saturated heterocycles. The first-order valence-electron chi connectivity index (χ1n) is 7.90. The van der Waals surface area contributed by atoms with Gasteiger partial charge in [-0.15, -0.1) is 0 Å². The Morgan fingerprint density at radius 3 is 2.58 bits per heavy atom. The number of carbonyl (C=O) groups excluding carboxylic acids is 1. The molecule has 134 valence electrons. The number of rotatable bonds is 5. The van der Waals surface area contributed by atoms with E-state index >= 15 is 0 Å². The molecule has 0 bridgehead atoms. The molecule has 3 aromatic rings. The lowest BCUT2D eigenvalue weighted by atomic mass is 10.1.